The van der Waals surface area contributed by atoms with Crippen molar-refractivity contribution in [2.24, 2.45) is 5.92 Å². The number of rotatable bonds is 6. The van der Waals surface area contributed by atoms with Crippen LogP contribution in [-0.2, 0) is 6.54 Å². The van der Waals surface area contributed by atoms with E-state index in [9.17, 15) is 14.0 Å². The Morgan fingerprint density at radius 2 is 2.14 bits per heavy atom. The van der Waals surface area contributed by atoms with Gasteiger partial charge < -0.3 is 24.6 Å². The minimum atomic E-state index is -1.67. The molecule has 3 rings (SSSR count). The van der Waals surface area contributed by atoms with Crippen LogP contribution < -0.4 is 20.4 Å². The summed E-state index contributed by atoms with van der Waals surface area (Å²) in [5.74, 6) is -1.87. The summed E-state index contributed by atoms with van der Waals surface area (Å²) in [6.45, 7) is 6.60. The molecule has 0 bridgehead atoms. The van der Waals surface area contributed by atoms with Crippen LogP contribution in [0, 0.1) is 17.6 Å². The van der Waals surface area contributed by atoms with Gasteiger partial charge >= 0.3 is 6.16 Å². The number of hydrogen-bond donors (Lipinski definition) is 2. The van der Waals surface area contributed by atoms with Crippen LogP contribution in [0.3, 0.4) is 0 Å². The van der Waals surface area contributed by atoms with Crippen molar-refractivity contribution in [3.05, 3.63) is 34.1 Å². The fourth-order valence-corrected chi connectivity index (χ4v) is 3.71. The van der Waals surface area contributed by atoms with E-state index in [1.54, 1.807) is 11.8 Å². The van der Waals surface area contributed by atoms with Crippen LogP contribution in [-0.4, -0.2) is 42.0 Å². The third-order valence-electron chi connectivity index (χ3n) is 5.02. The van der Waals surface area contributed by atoms with E-state index in [0.717, 1.165) is 31.8 Å². The summed E-state index contributed by atoms with van der Waals surface area (Å²) in [7, 11) is 0. The number of fused-ring (bicyclic) bond motifs is 1. The second-order valence-electron chi connectivity index (χ2n) is 6.80. The highest BCUT2D eigenvalue weighted by atomic mass is 19.1. The van der Waals surface area contributed by atoms with Crippen LogP contribution in [0.2, 0.25) is 0 Å². The molecule has 0 radical (unpaired) electrons. The number of nitrogens with one attached hydrogen (secondary N) is 1. The zero-order valence-electron chi connectivity index (χ0n) is 15.8. The summed E-state index contributed by atoms with van der Waals surface area (Å²) in [4.78, 5) is 24.9. The maximum Gasteiger partial charge on any atom is 0.511 e. The van der Waals surface area contributed by atoms with Gasteiger partial charge in [-0.15, -0.1) is 0 Å². The molecule has 0 aliphatic carbocycles. The maximum absolute atomic E-state index is 15.4. The molecule has 1 unspecified atom stereocenters. The quantitative estimate of drug-likeness (QED) is 0.732. The largest absolute Gasteiger partial charge is 0.511 e. The third-order valence-corrected chi connectivity index (χ3v) is 5.02. The first-order chi connectivity index (χ1) is 13.4. The van der Waals surface area contributed by atoms with E-state index in [0.29, 0.717) is 13.1 Å². The molecule has 1 aromatic heterocycles. The number of carbonyl (C=O) groups is 1. The van der Waals surface area contributed by atoms with Gasteiger partial charge in [0.15, 0.2) is 11.6 Å². The molecule has 2 N–H and O–H groups in total. The number of ether oxygens (including phenoxy) is 1. The van der Waals surface area contributed by atoms with E-state index in [1.165, 1.54) is 4.57 Å². The lowest BCUT2D eigenvalue weighted by atomic mass is 10.1. The number of hydrogen-bond acceptors (Lipinski definition) is 5. The minimum absolute atomic E-state index is 0.0585. The van der Waals surface area contributed by atoms with Crippen LogP contribution in [0.5, 0.6) is 5.75 Å². The zero-order chi connectivity index (χ0) is 20.4. The predicted molar refractivity (Wildman–Crippen MR) is 101 cm³/mol. The Labute approximate surface area is 160 Å². The monoisotopic (exact) mass is 395 g/mol. The number of halogens is 2. The first-order valence-corrected chi connectivity index (χ1v) is 9.28. The van der Waals surface area contributed by atoms with Crippen molar-refractivity contribution in [3.63, 3.8) is 0 Å². The summed E-state index contributed by atoms with van der Waals surface area (Å²) >= 11 is 0. The maximum atomic E-state index is 15.4. The van der Waals surface area contributed by atoms with E-state index < -0.39 is 29.0 Å². The molecule has 1 fully saturated rings. The number of nitrogens with zero attached hydrogens (tertiary/aromatic N) is 2. The Kier molecular flexibility index (Phi) is 5.83. The molecule has 28 heavy (non-hydrogen) atoms. The number of aromatic nitrogens is 1. The molecule has 0 saturated carbocycles. The molecule has 152 valence electrons. The Hall–Kier alpha value is -2.68. The molecule has 1 saturated heterocycles. The molecular formula is C19H23F2N3O4. The van der Waals surface area contributed by atoms with Crippen LogP contribution >= 0.6 is 0 Å². The van der Waals surface area contributed by atoms with Crippen LogP contribution in [0.1, 0.15) is 20.3 Å². The smallest absolute Gasteiger partial charge is 0.449 e. The van der Waals surface area contributed by atoms with Gasteiger partial charge in [0.2, 0.25) is 5.43 Å². The normalized spacial score (nSPS) is 16.7. The molecule has 1 aliphatic rings. The standard InChI is InChI=1S/C19H23F2N3O4/c1-3-22-8-11-5-6-24(9-11)17-13(20)7-12-16(15(17)21)23(4-2)10-14(18(12)25)28-19(26)27/h7,10-11,22H,3-6,8-9H2,1-2H3,(H,26,27). The number of benzene rings is 1. The molecule has 1 aromatic carbocycles. The molecule has 2 aromatic rings. The molecule has 7 nitrogen and oxygen atoms in total. The van der Waals surface area contributed by atoms with Gasteiger partial charge in [0.1, 0.15) is 11.5 Å². The van der Waals surface area contributed by atoms with Crippen molar-refractivity contribution in [1.82, 2.24) is 9.88 Å². The Bertz CT molecular complexity index is 961. The predicted octanol–water partition coefficient (Wildman–Crippen LogP) is 2.79. The van der Waals surface area contributed by atoms with Crippen LogP contribution in [0.25, 0.3) is 10.9 Å². The number of carboxylic acid groups (broad SMARTS) is 1. The summed E-state index contributed by atoms with van der Waals surface area (Å²) in [5, 5.41) is 11.8. The van der Waals surface area contributed by atoms with Gasteiger partial charge in [-0.3, -0.25) is 4.79 Å². The molecule has 9 heteroatoms. The molecular weight excluding hydrogens is 372 g/mol. The van der Waals surface area contributed by atoms with Gasteiger partial charge in [0.05, 0.1) is 17.1 Å². The summed E-state index contributed by atoms with van der Waals surface area (Å²) in [5.41, 5.74) is -1.07. The van der Waals surface area contributed by atoms with Gasteiger partial charge in [0.25, 0.3) is 0 Å². The van der Waals surface area contributed by atoms with Gasteiger partial charge in [-0.05, 0) is 38.4 Å². The number of pyridine rings is 1. The SMILES string of the molecule is CCNCC1CCN(c2c(F)cc3c(=O)c(OC(=O)O)cn(CC)c3c2F)C1. The average Bonchev–Trinajstić information content (AvgIpc) is 3.10. The minimum Gasteiger partial charge on any atom is -0.449 e. The van der Waals surface area contributed by atoms with Gasteiger partial charge in [-0.2, -0.15) is 0 Å². The molecule has 0 spiro atoms. The van der Waals surface area contributed by atoms with Crippen LogP contribution in [0.4, 0.5) is 19.3 Å². The summed E-state index contributed by atoms with van der Waals surface area (Å²) < 4.78 is 36.0. The van der Waals surface area contributed by atoms with Crippen molar-refractivity contribution in [3.8, 4) is 5.75 Å². The summed E-state index contributed by atoms with van der Waals surface area (Å²) in [6, 6.07) is 0.967. The van der Waals surface area contributed by atoms with Crippen LogP contribution in [0.15, 0.2) is 17.1 Å². The zero-order valence-corrected chi connectivity index (χ0v) is 15.8. The Morgan fingerprint density at radius 1 is 1.39 bits per heavy atom. The molecule has 1 aliphatic heterocycles. The Morgan fingerprint density at radius 3 is 2.79 bits per heavy atom. The fraction of sp³-hybridized carbons (Fsp3) is 0.474. The van der Waals surface area contributed by atoms with Crippen molar-refractivity contribution in [2.75, 3.05) is 31.1 Å². The van der Waals surface area contributed by atoms with Gasteiger partial charge in [0, 0.05) is 19.6 Å². The second-order valence-corrected chi connectivity index (χ2v) is 6.80. The lowest BCUT2D eigenvalue weighted by Gasteiger charge is -2.22. The topological polar surface area (TPSA) is 83.8 Å². The number of anilines is 1. The first-order valence-electron chi connectivity index (χ1n) is 9.28. The van der Waals surface area contributed by atoms with E-state index in [-0.39, 0.29) is 29.1 Å². The van der Waals surface area contributed by atoms with E-state index in [2.05, 4.69) is 10.1 Å². The van der Waals surface area contributed by atoms with Gasteiger partial charge in [-0.25, -0.2) is 13.6 Å². The number of aryl methyl sites for hydroxylation is 1. The Balaban J connectivity index is 2.10. The molecule has 2 heterocycles. The third kappa shape index (κ3) is 3.66. The van der Waals surface area contributed by atoms with E-state index in [4.69, 9.17) is 5.11 Å². The summed E-state index contributed by atoms with van der Waals surface area (Å²) in [6.07, 6.45) is 0.290. The van der Waals surface area contributed by atoms with Crippen molar-refractivity contribution in [1.29, 1.82) is 0 Å². The van der Waals surface area contributed by atoms with Crippen molar-refractivity contribution in [2.45, 2.75) is 26.8 Å². The van der Waals surface area contributed by atoms with E-state index >= 15 is 4.39 Å². The van der Waals surface area contributed by atoms with E-state index in [1.807, 2.05) is 6.92 Å². The highest BCUT2D eigenvalue weighted by Gasteiger charge is 2.29. The van der Waals surface area contributed by atoms with Gasteiger partial charge in [-0.1, -0.05) is 6.92 Å². The second kappa shape index (κ2) is 8.14. The highest BCUT2D eigenvalue weighted by molar-refractivity contribution is 5.85. The lowest BCUT2D eigenvalue weighted by molar-refractivity contribution is 0.144. The first kappa shape index (κ1) is 20.1. The molecule has 1 atom stereocenters. The average molecular weight is 395 g/mol. The fourth-order valence-electron chi connectivity index (χ4n) is 3.71. The van der Waals surface area contributed by atoms with Crippen molar-refractivity contribution < 1.29 is 23.4 Å². The lowest BCUT2D eigenvalue weighted by Crippen LogP contribution is -2.27. The van der Waals surface area contributed by atoms with Crippen molar-refractivity contribution >= 4 is 22.7 Å². The molecule has 0 amide bonds. The highest BCUT2D eigenvalue weighted by Crippen LogP contribution is 2.33.